The van der Waals surface area contributed by atoms with Crippen LogP contribution in [0.25, 0.3) is 0 Å². The van der Waals surface area contributed by atoms with Gasteiger partial charge in [0.1, 0.15) is 0 Å². The third-order valence-corrected chi connectivity index (χ3v) is 4.84. The Morgan fingerprint density at radius 2 is 2.12 bits per heavy atom. The average molecular weight is 361 g/mol. The van der Waals surface area contributed by atoms with E-state index in [0.29, 0.717) is 18.8 Å². The van der Waals surface area contributed by atoms with Gasteiger partial charge in [-0.15, -0.1) is 11.3 Å². The van der Waals surface area contributed by atoms with E-state index in [0.717, 1.165) is 30.3 Å². The third-order valence-electron chi connectivity index (χ3n) is 4.02. The number of thiazole rings is 1. The molecule has 9 heteroatoms. The number of anilines is 1. The maximum absolute atomic E-state index is 12.3. The maximum atomic E-state index is 12.3. The minimum atomic E-state index is -0.478. The van der Waals surface area contributed by atoms with Crippen molar-refractivity contribution in [2.24, 2.45) is 0 Å². The standard InChI is InChI=1S/C16H19N5O3S/c1-12-17-14(11-25-12)10-19-5-7-20(8-6-19)16(22)18-13-3-2-4-15(9-13)21(23)24/h2-4,9,11H,5-8,10H2,1H3,(H,18,22). The zero-order valence-electron chi connectivity index (χ0n) is 13.8. The monoisotopic (exact) mass is 361 g/mol. The molecule has 1 aliphatic rings. The second-order valence-electron chi connectivity index (χ2n) is 5.86. The number of aryl methyl sites for hydroxylation is 1. The number of carbonyl (C=O) groups excluding carboxylic acids is 1. The van der Waals surface area contributed by atoms with Crippen LogP contribution in [0, 0.1) is 17.0 Å². The Hall–Kier alpha value is -2.52. The Kier molecular flexibility index (Phi) is 5.25. The predicted octanol–water partition coefficient (Wildman–Crippen LogP) is 2.71. The normalized spacial score (nSPS) is 15.2. The summed E-state index contributed by atoms with van der Waals surface area (Å²) in [5.74, 6) is 0. The number of rotatable bonds is 4. The molecule has 1 fully saturated rings. The fraction of sp³-hybridized carbons (Fsp3) is 0.375. The van der Waals surface area contributed by atoms with Crippen LogP contribution in [0.2, 0.25) is 0 Å². The van der Waals surface area contributed by atoms with Gasteiger partial charge in [-0.25, -0.2) is 9.78 Å². The van der Waals surface area contributed by atoms with E-state index in [4.69, 9.17) is 0 Å². The van der Waals surface area contributed by atoms with Crippen molar-refractivity contribution in [3.8, 4) is 0 Å². The molecule has 25 heavy (non-hydrogen) atoms. The lowest BCUT2D eigenvalue weighted by molar-refractivity contribution is -0.384. The topological polar surface area (TPSA) is 91.6 Å². The first-order valence-electron chi connectivity index (χ1n) is 7.95. The molecule has 0 unspecified atom stereocenters. The highest BCUT2D eigenvalue weighted by Crippen LogP contribution is 2.18. The van der Waals surface area contributed by atoms with Crippen LogP contribution in [0.15, 0.2) is 29.6 Å². The summed E-state index contributed by atoms with van der Waals surface area (Å²) in [6.07, 6.45) is 0. The van der Waals surface area contributed by atoms with Gasteiger partial charge in [0.2, 0.25) is 0 Å². The van der Waals surface area contributed by atoms with E-state index in [9.17, 15) is 14.9 Å². The van der Waals surface area contributed by atoms with Crippen LogP contribution in [0.3, 0.4) is 0 Å². The second kappa shape index (κ2) is 7.58. The number of nitro groups is 1. The van der Waals surface area contributed by atoms with Crippen molar-refractivity contribution in [3.05, 3.63) is 50.5 Å². The summed E-state index contributed by atoms with van der Waals surface area (Å²) in [7, 11) is 0. The molecule has 1 saturated heterocycles. The van der Waals surface area contributed by atoms with E-state index >= 15 is 0 Å². The van der Waals surface area contributed by atoms with E-state index in [2.05, 4.69) is 20.6 Å². The number of urea groups is 1. The molecule has 0 radical (unpaired) electrons. The number of nitrogens with one attached hydrogen (secondary N) is 1. The number of benzene rings is 1. The van der Waals surface area contributed by atoms with Crippen LogP contribution >= 0.6 is 11.3 Å². The van der Waals surface area contributed by atoms with Crippen LogP contribution in [0.5, 0.6) is 0 Å². The van der Waals surface area contributed by atoms with Gasteiger partial charge in [-0.2, -0.15) is 0 Å². The van der Waals surface area contributed by atoms with Crippen molar-refractivity contribution >= 4 is 28.7 Å². The van der Waals surface area contributed by atoms with Gasteiger partial charge in [0.05, 0.1) is 15.6 Å². The number of piperazine rings is 1. The molecule has 1 N–H and O–H groups in total. The molecular formula is C16H19N5O3S. The third kappa shape index (κ3) is 4.52. The van der Waals surface area contributed by atoms with Crippen molar-refractivity contribution < 1.29 is 9.72 Å². The number of nitrogens with zero attached hydrogens (tertiary/aromatic N) is 4. The van der Waals surface area contributed by atoms with Crippen LogP contribution in [0.1, 0.15) is 10.7 Å². The lowest BCUT2D eigenvalue weighted by Gasteiger charge is -2.34. The number of aromatic nitrogens is 1. The van der Waals surface area contributed by atoms with Gasteiger partial charge in [0.15, 0.2) is 0 Å². The zero-order valence-corrected chi connectivity index (χ0v) is 14.7. The molecule has 2 aromatic rings. The highest BCUT2D eigenvalue weighted by atomic mass is 32.1. The number of non-ortho nitro benzene ring substituents is 1. The Balaban J connectivity index is 1.51. The first-order chi connectivity index (χ1) is 12.0. The van der Waals surface area contributed by atoms with Gasteiger partial charge >= 0.3 is 6.03 Å². The van der Waals surface area contributed by atoms with E-state index in [1.54, 1.807) is 28.4 Å². The molecular weight excluding hydrogens is 342 g/mol. The quantitative estimate of drug-likeness (QED) is 0.668. The maximum Gasteiger partial charge on any atom is 0.321 e. The Labute approximate surface area is 149 Å². The van der Waals surface area contributed by atoms with Crippen LogP contribution < -0.4 is 5.32 Å². The van der Waals surface area contributed by atoms with Crippen molar-refractivity contribution in [1.82, 2.24) is 14.8 Å². The number of nitro benzene ring substituents is 1. The summed E-state index contributed by atoms with van der Waals surface area (Å²) in [6.45, 7) is 5.57. The zero-order chi connectivity index (χ0) is 17.8. The molecule has 8 nitrogen and oxygen atoms in total. The Morgan fingerprint density at radius 1 is 1.36 bits per heavy atom. The Morgan fingerprint density at radius 3 is 2.76 bits per heavy atom. The fourth-order valence-electron chi connectivity index (χ4n) is 2.72. The minimum absolute atomic E-state index is 0.0406. The first kappa shape index (κ1) is 17.3. The molecule has 1 aliphatic heterocycles. The molecule has 0 spiro atoms. The highest BCUT2D eigenvalue weighted by molar-refractivity contribution is 7.09. The number of carbonyl (C=O) groups is 1. The smallest absolute Gasteiger partial charge is 0.321 e. The summed E-state index contributed by atoms with van der Waals surface area (Å²) in [5, 5.41) is 16.7. The average Bonchev–Trinajstić information content (AvgIpc) is 3.00. The van der Waals surface area contributed by atoms with E-state index < -0.39 is 4.92 Å². The van der Waals surface area contributed by atoms with Crippen molar-refractivity contribution in [1.29, 1.82) is 0 Å². The van der Waals surface area contributed by atoms with Gasteiger partial charge in [-0.1, -0.05) is 6.07 Å². The number of hydrogen-bond donors (Lipinski definition) is 1. The van der Waals surface area contributed by atoms with Gasteiger partial charge < -0.3 is 10.2 Å². The minimum Gasteiger partial charge on any atom is -0.322 e. The van der Waals surface area contributed by atoms with Crippen molar-refractivity contribution in [2.75, 3.05) is 31.5 Å². The van der Waals surface area contributed by atoms with E-state index in [-0.39, 0.29) is 11.7 Å². The van der Waals surface area contributed by atoms with Gasteiger partial charge in [-0.3, -0.25) is 15.0 Å². The molecule has 132 valence electrons. The SMILES string of the molecule is Cc1nc(CN2CCN(C(=O)Nc3cccc([N+](=O)[O-])c3)CC2)cs1. The molecule has 1 aromatic heterocycles. The highest BCUT2D eigenvalue weighted by Gasteiger charge is 2.22. The van der Waals surface area contributed by atoms with Crippen LogP contribution in [-0.4, -0.2) is 51.9 Å². The van der Waals surface area contributed by atoms with Crippen molar-refractivity contribution in [2.45, 2.75) is 13.5 Å². The van der Waals surface area contributed by atoms with Gasteiger partial charge in [-0.05, 0) is 13.0 Å². The molecule has 2 amide bonds. The lowest BCUT2D eigenvalue weighted by atomic mass is 10.2. The number of amides is 2. The van der Waals surface area contributed by atoms with Gasteiger partial charge in [0.25, 0.3) is 5.69 Å². The number of hydrogen-bond acceptors (Lipinski definition) is 6. The van der Waals surface area contributed by atoms with E-state index in [1.807, 2.05) is 6.92 Å². The van der Waals surface area contributed by atoms with Crippen molar-refractivity contribution in [3.63, 3.8) is 0 Å². The summed E-state index contributed by atoms with van der Waals surface area (Å²) < 4.78 is 0. The predicted molar refractivity (Wildman–Crippen MR) is 95.8 cm³/mol. The van der Waals surface area contributed by atoms with Crippen LogP contribution in [0.4, 0.5) is 16.2 Å². The Bertz CT molecular complexity index is 771. The molecule has 1 aromatic carbocycles. The van der Waals surface area contributed by atoms with Crippen LogP contribution in [-0.2, 0) is 6.54 Å². The molecule has 0 atom stereocenters. The molecule has 0 bridgehead atoms. The molecule has 2 heterocycles. The summed E-state index contributed by atoms with van der Waals surface area (Å²) in [4.78, 5) is 31.1. The molecule has 0 saturated carbocycles. The fourth-order valence-corrected chi connectivity index (χ4v) is 3.32. The molecule has 0 aliphatic carbocycles. The first-order valence-corrected chi connectivity index (χ1v) is 8.83. The van der Waals surface area contributed by atoms with Gasteiger partial charge in [0, 0.05) is 55.9 Å². The molecule has 3 rings (SSSR count). The summed E-state index contributed by atoms with van der Waals surface area (Å²) in [6, 6.07) is 5.73. The van der Waals surface area contributed by atoms with E-state index in [1.165, 1.54) is 12.1 Å². The summed E-state index contributed by atoms with van der Waals surface area (Å²) in [5.41, 5.74) is 1.46. The lowest BCUT2D eigenvalue weighted by Crippen LogP contribution is -2.49. The second-order valence-corrected chi connectivity index (χ2v) is 6.92. The summed E-state index contributed by atoms with van der Waals surface area (Å²) >= 11 is 1.64. The largest absolute Gasteiger partial charge is 0.322 e.